The van der Waals surface area contributed by atoms with Crippen LogP contribution in [0.3, 0.4) is 0 Å². The third-order valence-electron chi connectivity index (χ3n) is 6.15. The Morgan fingerprint density at radius 3 is 2.44 bits per heavy atom. The van der Waals surface area contributed by atoms with Gasteiger partial charge in [0.2, 0.25) is 5.91 Å². The summed E-state index contributed by atoms with van der Waals surface area (Å²) in [7, 11) is 0. The summed E-state index contributed by atoms with van der Waals surface area (Å²) in [5.41, 5.74) is 2.63. The summed E-state index contributed by atoms with van der Waals surface area (Å²) >= 11 is 1.62. The molecule has 32 heavy (non-hydrogen) atoms. The Balaban J connectivity index is 1.24. The molecule has 3 amide bonds. The number of nitrogens with one attached hydrogen (secondary N) is 1. The zero-order valence-electron chi connectivity index (χ0n) is 17.8. The number of piperidine rings is 1. The molecule has 2 aliphatic rings. The molecule has 2 aliphatic heterocycles. The number of likely N-dealkylation sites (tertiary alicyclic amines) is 1. The molecule has 0 spiro atoms. The minimum absolute atomic E-state index is 0.00724. The number of hydrogen-bond acceptors (Lipinski definition) is 5. The Labute approximate surface area is 191 Å². The number of ether oxygens (including phenoxy) is 1. The van der Waals surface area contributed by atoms with E-state index >= 15 is 0 Å². The van der Waals surface area contributed by atoms with Crippen LogP contribution in [0.25, 0.3) is 20.8 Å². The highest BCUT2D eigenvalue weighted by atomic mass is 32.1. The van der Waals surface area contributed by atoms with Crippen LogP contribution in [0.2, 0.25) is 0 Å². The summed E-state index contributed by atoms with van der Waals surface area (Å²) in [6.07, 6.45) is 1.40. The SMILES string of the molecule is O=C(Nc1ccccc1-c1nc2ccccc2s1)N1CCC(C(=O)N2CCOCC2)CC1. The van der Waals surface area contributed by atoms with Crippen LogP contribution in [0.5, 0.6) is 0 Å². The largest absolute Gasteiger partial charge is 0.378 e. The molecule has 2 fully saturated rings. The number of para-hydroxylation sites is 2. The number of carbonyl (C=O) groups excluding carboxylic acids is 2. The summed E-state index contributed by atoms with van der Waals surface area (Å²) in [5, 5.41) is 3.96. The van der Waals surface area contributed by atoms with E-state index in [-0.39, 0.29) is 17.9 Å². The third-order valence-corrected chi connectivity index (χ3v) is 7.22. The van der Waals surface area contributed by atoms with Crippen LogP contribution in [-0.2, 0) is 9.53 Å². The Morgan fingerprint density at radius 2 is 1.66 bits per heavy atom. The minimum Gasteiger partial charge on any atom is -0.378 e. The van der Waals surface area contributed by atoms with Gasteiger partial charge < -0.3 is 19.9 Å². The summed E-state index contributed by atoms with van der Waals surface area (Å²) in [6.45, 7) is 3.72. The Morgan fingerprint density at radius 1 is 0.938 bits per heavy atom. The smallest absolute Gasteiger partial charge is 0.321 e. The summed E-state index contributed by atoms with van der Waals surface area (Å²) in [5.74, 6) is 0.196. The molecule has 7 nitrogen and oxygen atoms in total. The van der Waals surface area contributed by atoms with E-state index in [1.807, 2.05) is 47.4 Å². The van der Waals surface area contributed by atoms with Crippen molar-refractivity contribution in [3.63, 3.8) is 0 Å². The zero-order chi connectivity index (χ0) is 21.9. The Bertz CT molecular complexity index is 1080. The van der Waals surface area contributed by atoms with Crippen molar-refractivity contribution < 1.29 is 14.3 Å². The van der Waals surface area contributed by atoms with Gasteiger partial charge in [0.1, 0.15) is 5.01 Å². The molecule has 166 valence electrons. The van der Waals surface area contributed by atoms with Crippen LogP contribution in [0.1, 0.15) is 12.8 Å². The number of hydrogen-bond donors (Lipinski definition) is 1. The number of rotatable bonds is 3. The molecule has 0 radical (unpaired) electrons. The molecule has 0 unspecified atom stereocenters. The number of fused-ring (bicyclic) bond motifs is 1. The van der Waals surface area contributed by atoms with E-state index in [1.165, 1.54) is 0 Å². The van der Waals surface area contributed by atoms with E-state index in [1.54, 1.807) is 16.2 Å². The maximum absolute atomic E-state index is 13.0. The van der Waals surface area contributed by atoms with Gasteiger partial charge in [0.05, 0.1) is 29.1 Å². The molecule has 3 heterocycles. The predicted molar refractivity (Wildman–Crippen MR) is 126 cm³/mol. The zero-order valence-corrected chi connectivity index (χ0v) is 18.6. The molecule has 5 rings (SSSR count). The van der Waals surface area contributed by atoms with Gasteiger partial charge in [-0.15, -0.1) is 11.3 Å². The first kappa shape index (κ1) is 20.9. The lowest BCUT2D eigenvalue weighted by atomic mass is 9.95. The third kappa shape index (κ3) is 4.33. The van der Waals surface area contributed by atoms with Gasteiger partial charge in [-0.1, -0.05) is 24.3 Å². The minimum atomic E-state index is -0.129. The van der Waals surface area contributed by atoms with E-state index in [0.29, 0.717) is 52.2 Å². The van der Waals surface area contributed by atoms with E-state index in [9.17, 15) is 9.59 Å². The number of benzene rings is 2. The maximum atomic E-state index is 13.0. The van der Waals surface area contributed by atoms with Crippen LogP contribution in [0.4, 0.5) is 10.5 Å². The van der Waals surface area contributed by atoms with Crippen molar-refractivity contribution in [2.45, 2.75) is 12.8 Å². The highest BCUT2D eigenvalue weighted by Gasteiger charge is 2.31. The normalized spacial score (nSPS) is 17.5. The van der Waals surface area contributed by atoms with Crippen LogP contribution < -0.4 is 5.32 Å². The average Bonchev–Trinajstić information content (AvgIpc) is 3.29. The molecule has 1 aromatic heterocycles. The first-order valence-electron chi connectivity index (χ1n) is 11.1. The van der Waals surface area contributed by atoms with Gasteiger partial charge in [-0.3, -0.25) is 4.79 Å². The van der Waals surface area contributed by atoms with E-state index in [0.717, 1.165) is 26.5 Å². The number of nitrogens with zero attached hydrogens (tertiary/aromatic N) is 3. The van der Waals surface area contributed by atoms with Crippen molar-refractivity contribution in [1.82, 2.24) is 14.8 Å². The summed E-state index contributed by atoms with van der Waals surface area (Å²) < 4.78 is 6.46. The topological polar surface area (TPSA) is 74.8 Å². The molecule has 1 N–H and O–H groups in total. The van der Waals surface area contributed by atoms with Crippen LogP contribution in [-0.4, -0.2) is 66.1 Å². The van der Waals surface area contributed by atoms with Crippen molar-refractivity contribution >= 4 is 39.2 Å². The molecule has 2 saturated heterocycles. The lowest BCUT2D eigenvalue weighted by Crippen LogP contribution is -2.48. The number of urea groups is 1. The van der Waals surface area contributed by atoms with Crippen molar-refractivity contribution in [2.75, 3.05) is 44.7 Å². The van der Waals surface area contributed by atoms with Gasteiger partial charge in [0.25, 0.3) is 0 Å². The van der Waals surface area contributed by atoms with Crippen molar-refractivity contribution in [3.8, 4) is 10.6 Å². The lowest BCUT2D eigenvalue weighted by molar-refractivity contribution is -0.140. The molecular formula is C24H26N4O3S. The number of morpholine rings is 1. The second-order valence-electron chi connectivity index (χ2n) is 8.16. The van der Waals surface area contributed by atoms with Crippen molar-refractivity contribution in [3.05, 3.63) is 48.5 Å². The fourth-order valence-electron chi connectivity index (χ4n) is 4.33. The van der Waals surface area contributed by atoms with Gasteiger partial charge in [-0.25, -0.2) is 9.78 Å². The van der Waals surface area contributed by atoms with Crippen molar-refractivity contribution in [1.29, 1.82) is 0 Å². The first-order valence-corrected chi connectivity index (χ1v) is 11.9. The molecule has 3 aromatic rings. The molecule has 0 aliphatic carbocycles. The Kier molecular flexibility index (Phi) is 6.05. The standard InChI is InChI=1S/C24H26N4O3S/c29-23(27-13-15-31-16-14-27)17-9-11-28(12-10-17)24(30)26-19-6-2-1-5-18(19)22-25-20-7-3-4-8-21(20)32-22/h1-8,17H,9-16H2,(H,26,30). The predicted octanol–water partition coefficient (Wildman–Crippen LogP) is 4.07. The van der Waals surface area contributed by atoms with Crippen LogP contribution in [0.15, 0.2) is 48.5 Å². The quantitative estimate of drug-likeness (QED) is 0.653. The second-order valence-corrected chi connectivity index (χ2v) is 9.19. The number of amides is 3. The number of carbonyl (C=O) groups is 2. The highest BCUT2D eigenvalue weighted by Crippen LogP contribution is 2.34. The fourth-order valence-corrected chi connectivity index (χ4v) is 5.34. The number of anilines is 1. The fraction of sp³-hybridized carbons (Fsp3) is 0.375. The van der Waals surface area contributed by atoms with Gasteiger partial charge >= 0.3 is 6.03 Å². The van der Waals surface area contributed by atoms with E-state index in [2.05, 4.69) is 11.4 Å². The average molecular weight is 451 g/mol. The lowest BCUT2D eigenvalue weighted by Gasteiger charge is -2.35. The summed E-state index contributed by atoms with van der Waals surface area (Å²) in [6, 6.07) is 15.7. The van der Waals surface area contributed by atoms with E-state index in [4.69, 9.17) is 9.72 Å². The van der Waals surface area contributed by atoms with Gasteiger partial charge in [0, 0.05) is 37.7 Å². The highest BCUT2D eigenvalue weighted by molar-refractivity contribution is 7.21. The monoisotopic (exact) mass is 450 g/mol. The molecule has 2 aromatic carbocycles. The van der Waals surface area contributed by atoms with Gasteiger partial charge in [-0.2, -0.15) is 0 Å². The molecule has 0 bridgehead atoms. The number of thiazole rings is 1. The molecule has 0 atom stereocenters. The first-order chi connectivity index (χ1) is 15.7. The second kappa shape index (κ2) is 9.26. The maximum Gasteiger partial charge on any atom is 0.321 e. The molecule has 0 saturated carbocycles. The Hall–Kier alpha value is -2.97. The van der Waals surface area contributed by atoms with Gasteiger partial charge in [-0.05, 0) is 37.1 Å². The van der Waals surface area contributed by atoms with Crippen LogP contribution >= 0.6 is 11.3 Å². The molecule has 8 heteroatoms. The molecular weight excluding hydrogens is 424 g/mol. The summed E-state index contributed by atoms with van der Waals surface area (Å²) in [4.78, 5) is 34.2. The van der Waals surface area contributed by atoms with E-state index < -0.39 is 0 Å². The van der Waals surface area contributed by atoms with Crippen molar-refractivity contribution in [2.24, 2.45) is 5.92 Å². The van der Waals surface area contributed by atoms with Crippen LogP contribution in [0, 0.1) is 5.92 Å². The van der Waals surface area contributed by atoms with Gasteiger partial charge in [0.15, 0.2) is 0 Å². The number of aromatic nitrogens is 1.